The first-order chi connectivity index (χ1) is 5.29. The van der Waals surface area contributed by atoms with Crippen molar-refractivity contribution in [2.75, 3.05) is 6.54 Å². The summed E-state index contributed by atoms with van der Waals surface area (Å²) in [5.74, 6) is 0.948. The lowest BCUT2D eigenvalue weighted by molar-refractivity contribution is 0.698. The minimum atomic E-state index is 0.248. The topological polar surface area (TPSA) is 62.4 Å². The first-order valence-electron chi connectivity index (χ1n) is 3.64. The van der Waals surface area contributed by atoms with Gasteiger partial charge in [-0.25, -0.2) is 0 Å². The van der Waals surface area contributed by atoms with Gasteiger partial charge in [0.1, 0.15) is 5.84 Å². The molecule has 0 unspecified atom stereocenters. The lowest BCUT2D eigenvalue weighted by atomic mass is 10.2. The second-order valence-corrected chi connectivity index (χ2v) is 2.84. The molecular formula is C6H12N4S. The van der Waals surface area contributed by atoms with Gasteiger partial charge in [0.25, 0.3) is 0 Å². The van der Waals surface area contributed by atoms with Crippen LogP contribution < -0.4 is 16.6 Å². The molecule has 0 amide bonds. The number of hydrogen-bond acceptors (Lipinski definition) is 3. The van der Waals surface area contributed by atoms with E-state index in [1.807, 2.05) is 0 Å². The van der Waals surface area contributed by atoms with E-state index in [9.17, 15) is 0 Å². The van der Waals surface area contributed by atoms with E-state index in [1.165, 1.54) is 12.8 Å². The van der Waals surface area contributed by atoms with Crippen LogP contribution in [0.1, 0.15) is 19.3 Å². The van der Waals surface area contributed by atoms with E-state index in [0.29, 0.717) is 0 Å². The molecule has 4 nitrogen and oxygen atoms in total. The van der Waals surface area contributed by atoms with Crippen molar-refractivity contribution in [1.82, 2.24) is 10.9 Å². The third-order valence-electron chi connectivity index (χ3n) is 1.45. The summed E-state index contributed by atoms with van der Waals surface area (Å²) < 4.78 is 0. The fourth-order valence-electron chi connectivity index (χ4n) is 0.933. The Kier molecular flexibility index (Phi) is 3.10. The van der Waals surface area contributed by atoms with E-state index in [4.69, 9.17) is 5.73 Å². The molecule has 62 valence electrons. The molecule has 1 aliphatic heterocycles. The van der Waals surface area contributed by atoms with Gasteiger partial charge in [-0.05, 0) is 25.1 Å². The van der Waals surface area contributed by atoms with Gasteiger partial charge in [0.2, 0.25) is 0 Å². The molecule has 1 heterocycles. The molecule has 11 heavy (non-hydrogen) atoms. The van der Waals surface area contributed by atoms with E-state index < -0.39 is 0 Å². The maximum atomic E-state index is 5.21. The molecule has 0 fully saturated rings. The Labute approximate surface area is 71.2 Å². The summed E-state index contributed by atoms with van der Waals surface area (Å²) in [5.41, 5.74) is 10.7. The second kappa shape index (κ2) is 4.12. The first kappa shape index (κ1) is 8.26. The number of nitrogens with two attached hydrogens (primary N) is 1. The molecule has 0 saturated carbocycles. The summed E-state index contributed by atoms with van der Waals surface area (Å²) >= 11 is 4.61. The predicted molar refractivity (Wildman–Crippen MR) is 49.2 cm³/mol. The van der Waals surface area contributed by atoms with E-state index >= 15 is 0 Å². The van der Waals surface area contributed by atoms with Crippen LogP contribution in [-0.2, 0) is 0 Å². The highest BCUT2D eigenvalue weighted by molar-refractivity contribution is 7.80. The number of nitrogens with one attached hydrogen (secondary N) is 2. The predicted octanol–water partition coefficient (Wildman–Crippen LogP) is -0.0934. The lowest BCUT2D eigenvalue weighted by Gasteiger charge is -2.13. The molecule has 4 N–H and O–H groups in total. The van der Waals surface area contributed by atoms with Gasteiger partial charge in [-0.2, -0.15) is 0 Å². The van der Waals surface area contributed by atoms with E-state index in [0.717, 1.165) is 18.8 Å². The molecule has 5 heteroatoms. The van der Waals surface area contributed by atoms with Gasteiger partial charge in [-0.15, -0.1) is 0 Å². The van der Waals surface area contributed by atoms with Gasteiger partial charge in [0.05, 0.1) is 0 Å². The minimum Gasteiger partial charge on any atom is -0.375 e. The number of rotatable bonds is 0. The molecule has 0 aliphatic carbocycles. The van der Waals surface area contributed by atoms with Gasteiger partial charge in [-0.3, -0.25) is 15.8 Å². The maximum absolute atomic E-state index is 5.21. The fourth-order valence-corrected chi connectivity index (χ4v) is 0.984. The highest BCUT2D eigenvalue weighted by Gasteiger charge is 2.03. The van der Waals surface area contributed by atoms with Gasteiger partial charge in [-0.1, -0.05) is 0 Å². The van der Waals surface area contributed by atoms with Crippen molar-refractivity contribution in [3.63, 3.8) is 0 Å². The molecule has 0 atom stereocenters. The van der Waals surface area contributed by atoms with Crippen molar-refractivity contribution in [2.45, 2.75) is 19.3 Å². The van der Waals surface area contributed by atoms with Crippen LogP contribution in [0.25, 0.3) is 0 Å². The second-order valence-electron chi connectivity index (χ2n) is 2.40. The van der Waals surface area contributed by atoms with Crippen LogP contribution in [0.3, 0.4) is 0 Å². The van der Waals surface area contributed by atoms with Crippen molar-refractivity contribution >= 4 is 23.2 Å². The zero-order chi connectivity index (χ0) is 8.10. The number of nitrogens with zero attached hydrogens (tertiary/aromatic N) is 1. The molecule has 0 radical (unpaired) electrons. The lowest BCUT2D eigenvalue weighted by Crippen LogP contribution is -2.44. The molecule has 0 aromatic heterocycles. The van der Waals surface area contributed by atoms with Crippen molar-refractivity contribution in [3.8, 4) is 0 Å². The normalized spacial score (nSPS) is 16.9. The molecule has 1 aliphatic rings. The average molecular weight is 172 g/mol. The highest BCUT2D eigenvalue weighted by Crippen LogP contribution is 2.02. The zero-order valence-corrected chi connectivity index (χ0v) is 7.08. The quantitative estimate of drug-likeness (QED) is 0.353. The Balaban J connectivity index is 2.24. The van der Waals surface area contributed by atoms with Crippen molar-refractivity contribution in [2.24, 2.45) is 10.7 Å². The van der Waals surface area contributed by atoms with Crippen LogP contribution >= 0.6 is 12.2 Å². The van der Waals surface area contributed by atoms with Crippen LogP contribution in [-0.4, -0.2) is 17.5 Å². The number of aliphatic imine (C=N–C) groups is 1. The summed E-state index contributed by atoms with van der Waals surface area (Å²) in [7, 11) is 0. The van der Waals surface area contributed by atoms with E-state index in [-0.39, 0.29) is 5.11 Å². The smallest absolute Gasteiger partial charge is 0.182 e. The van der Waals surface area contributed by atoms with Gasteiger partial charge >= 0.3 is 0 Å². The number of amidine groups is 1. The van der Waals surface area contributed by atoms with Crippen LogP contribution in [0.2, 0.25) is 0 Å². The van der Waals surface area contributed by atoms with E-state index in [2.05, 4.69) is 28.1 Å². The number of thiocarbonyl (C=S) groups is 1. The third kappa shape index (κ3) is 3.18. The van der Waals surface area contributed by atoms with Gasteiger partial charge < -0.3 is 5.73 Å². The standard InChI is InChI=1S/C6H12N4S/c7-6(11)10-9-5-3-1-2-4-8-5/h1-4H2,(H,8,9)(H3,7,10,11). The van der Waals surface area contributed by atoms with Crippen LogP contribution in [0, 0.1) is 0 Å². The Morgan fingerprint density at radius 1 is 1.55 bits per heavy atom. The minimum absolute atomic E-state index is 0.248. The average Bonchev–Trinajstić information content (AvgIpc) is 2.03. The summed E-state index contributed by atoms with van der Waals surface area (Å²) in [4.78, 5) is 4.23. The maximum Gasteiger partial charge on any atom is 0.182 e. The largest absolute Gasteiger partial charge is 0.375 e. The Hall–Kier alpha value is -0.840. The monoisotopic (exact) mass is 172 g/mol. The molecular weight excluding hydrogens is 160 g/mol. The summed E-state index contributed by atoms with van der Waals surface area (Å²) in [6, 6.07) is 0. The molecule has 0 saturated heterocycles. The SMILES string of the molecule is NC(=S)NNC1=NCCCC1. The zero-order valence-electron chi connectivity index (χ0n) is 6.26. The first-order valence-corrected chi connectivity index (χ1v) is 4.04. The van der Waals surface area contributed by atoms with Gasteiger partial charge in [0.15, 0.2) is 5.11 Å². The molecule has 0 spiro atoms. The van der Waals surface area contributed by atoms with Crippen molar-refractivity contribution in [3.05, 3.63) is 0 Å². The number of hydrazine groups is 1. The third-order valence-corrected chi connectivity index (χ3v) is 1.56. The van der Waals surface area contributed by atoms with Crippen molar-refractivity contribution < 1.29 is 0 Å². The molecule has 0 aromatic rings. The fraction of sp³-hybridized carbons (Fsp3) is 0.667. The number of hydrogen-bond donors (Lipinski definition) is 3. The summed E-state index contributed by atoms with van der Waals surface area (Å²) in [6.45, 7) is 0.904. The Bertz CT molecular complexity index is 177. The Morgan fingerprint density at radius 2 is 2.36 bits per heavy atom. The Morgan fingerprint density at radius 3 is 2.91 bits per heavy atom. The summed E-state index contributed by atoms with van der Waals surface area (Å²) in [5, 5.41) is 0.248. The van der Waals surface area contributed by atoms with E-state index in [1.54, 1.807) is 0 Å². The summed E-state index contributed by atoms with van der Waals surface area (Å²) in [6.07, 6.45) is 3.35. The van der Waals surface area contributed by atoms with Crippen LogP contribution in [0.15, 0.2) is 4.99 Å². The highest BCUT2D eigenvalue weighted by atomic mass is 32.1. The molecule has 1 rings (SSSR count). The molecule has 0 aromatic carbocycles. The molecule has 0 bridgehead atoms. The van der Waals surface area contributed by atoms with Crippen molar-refractivity contribution in [1.29, 1.82) is 0 Å². The van der Waals surface area contributed by atoms with Crippen LogP contribution in [0.5, 0.6) is 0 Å². The van der Waals surface area contributed by atoms with Gasteiger partial charge in [0, 0.05) is 13.0 Å². The van der Waals surface area contributed by atoms with Crippen LogP contribution in [0.4, 0.5) is 0 Å².